The highest BCUT2D eigenvalue weighted by Crippen LogP contribution is 2.10. The zero-order valence-electron chi connectivity index (χ0n) is 17.7. The van der Waals surface area contributed by atoms with Gasteiger partial charge in [-0.1, -0.05) is 63.5 Å². The number of hydrogen-bond donors (Lipinski definition) is 2. The predicted molar refractivity (Wildman–Crippen MR) is 113 cm³/mol. The first-order valence-electron chi connectivity index (χ1n) is 11.2. The Morgan fingerprint density at radius 1 is 0.815 bits per heavy atom. The quantitative estimate of drug-likeness (QED) is 0.207. The number of carbonyl (C=O) groups excluding carboxylic acids is 1. The van der Waals surface area contributed by atoms with Crippen molar-refractivity contribution < 1.29 is 19.7 Å². The van der Waals surface area contributed by atoms with Gasteiger partial charge in [0.05, 0.1) is 13.2 Å². The Bertz CT molecular complexity index is 341. The van der Waals surface area contributed by atoms with Gasteiger partial charge >= 0.3 is 0 Å². The van der Waals surface area contributed by atoms with E-state index in [9.17, 15) is 4.79 Å². The van der Waals surface area contributed by atoms with Crippen LogP contribution >= 0.6 is 0 Å². The normalized spacial score (nSPS) is 12.7. The number of rotatable bonds is 21. The summed E-state index contributed by atoms with van der Waals surface area (Å²) >= 11 is 0. The molecule has 0 saturated carbocycles. The average molecular weight is 385 g/mol. The molecule has 0 rings (SSSR count). The molecule has 0 aliphatic rings. The molecule has 0 aromatic heterocycles. The summed E-state index contributed by atoms with van der Waals surface area (Å²) in [5.74, 6) is 0.321. The van der Waals surface area contributed by atoms with Crippen LogP contribution in [-0.2, 0) is 9.53 Å². The molecule has 0 fully saturated rings. The van der Waals surface area contributed by atoms with Crippen LogP contribution in [0.5, 0.6) is 0 Å². The fourth-order valence-corrected chi connectivity index (χ4v) is 3.02. The van der Waals surface area contributed by atoms with E-state index in [0.29, 0.717) is 12.4 Å². The molecule has 1 unspecified atom stereocenters. The lowest BCUT2D eigenvalue weighted by Gasteiger charge is -2.07. The Morgan fingerprint density at radius 3 is 1.81 bits per heavy atom. The van der Waals surface area contributed by atoms with Crippen LogP contribution in [0.2, 0.25) is 0 Å². The van der Waals surface area contributed by atoms with Gasteiger partial charge < -0.3 is 19.7 Å². The van der Waals surface area contributed by atoms with Gasteiger partial charge in [0.25, 0.3) is 0 Å². The summed E-state index contributed by atoms with van der Waals surface area (Å²) in [4.78, 5) is 10.8. The predicted octanol–water partition coefficient (Wildman–Crippen LogP) is 5.35. The van der Waals surface area contributed by atoms with Gasteiger partial charge in [-0.05, 0) is 45.4 Å². The molecule has 0 aliphatic carbocycles. The van der Waals surface area contributed by atoms with Gasteiger partial charge in [0.2, 0.25) is 0 Å². The minimum Gasteiger partial charge on any atom is -0.394 e. The van der Waals surface area contributed by atoms with Crippen molar-refractivity contribution in [1.82, 2.24) is 0 Å². The minimum absolute atomic E-state index is 0.225. The SMILES string of the molecule is CC(=O)CCCCCCCC/C=C\CCCCCCCCOCC(O)CO. The molecule has 4 nitrogen and oxygen atoms in total. The third kappa shape index (κ3) is 23.3. The van der Waals surface area contributed by atoms with E-state index in [4.69, 9.17) is 14.9 Å². The summed E-state index contributed by atoms with van der Waals surface area (Å²) in [6.07, 6.45) is 21.9. The second-order valence-electron chi connectivity index (χ2n) is 7.65. The van der Waals surface area contributed by atoms with Gasteiger partial charge in [-0.3, -0.25) is 0 Å². The van der Waals surface area contributed by atoms with E-state index in [1.165, 1.54) is 77.0 Å². The molecule has 0 aliphatic heterocycles. The maximum absolute atomic E-state index is 10.8. The monoisotopic (exact) mass is 384 g/mol. The topological polar surface area (TPSA) is 66.8 Å². The van der Waals surface area contributed by atoms with E-state index in [1.807, 2.05) is 0 Å². The number of Topliss-reactive ketones (excluding diaryl/α,β-unsaturated/α-hetero) is 1. The fraction of sp³-hybridized carbons (Fsp3) is 0.870. The van der Waals surface area contributed by atoms with Gasteiger partial charge in [0.15, 0.2) is 0 Å². The molecule has 0 aromatic rings. The van der Waals surface area contributed by atoms with Crippen molar-refractivity contribution in [3.8, 4) is 0 Å². The molecule has 0 radical (unpaired) electrons. The van der Waals surface area contributed by atoms with Crippen LogP contribution < -0.4 is 0 Å². The first kappa shape index (κ1) is 26.3. The van der Waals surface area contributed by atoms with Crippen LogP contribution in [0, 0.1) is 0 Å². The molecule has 2 N–H and O–H groups in total. The molecular formula is C23H44O4. The van der Waals surface area contributed by atoms with E-state index in [0.717, 1.165) is 19.3 Å². The van der Waals surface area contributed by atoms with Crippen molar-refractivity contribution in [2.75, 3.05) is 19.8 Å². The Labute approximate surface area is 167 Å². The van der Waals surface area contributed by atoms with Crippen molar-refractivity contribution >= 4 is 5.78 Å². The summed E-state index contributed by atoms with van der Waals surface area (Å²) in [6.45, 7) is 2.37. The Hall–Kier alpha value is -0.710. The molecule has 4 heteroatoms. The second-order valence-corrected chi connectivity index (χ2v) is 7.65. The lowest BCUT2D eigenvalue weighted by Crippen LogP contribution is -2.19. The Morgan fingerprint density at radius 2 is 1.30 bits per heavy atom. The standard InChI is InChI=1S/C23H44O4/c1-22(25)18-16-14-12-10-8-6-4-2-3-5-7-9-11-13-15-17-19-27-21-23(26)20-24/h2-3,23-24,26H,4-21H2,1H3/b3-2-. The number of aliphatic hydroxyl groups is 2. The summed E-state index contributed by atoms with van der Waals surface area (Å²) in [6, 6.07) is 0. The molecular weight excluding hydrogens is 340 g/mol. The Balaban J connectivity index is 3.11. The van der Waals surface area contributed by atoms with E-state index < -0.39 is 6.10 Å². The van der Waals surface area contributed by atoms with Crippen molar-refractivity contribution in [3.05, 3.63) is 12.2 Å². The minimum atomic E-state index is -0.735. The fourth-order valence-electron chi connectivity index (χ4n) is 3.02. The van der Waals surface area contributed by atoms with Crippen molar-refractivity contribution in [2.45, 2.75) is 109 Å². The maximum Gasteiger partial charge on any atom is 0.129 e. The first-order valence-corrected chi connectivity index (χ1v) is 11.2. The average Bonchev–Trinajstić information content (AvgIpc) is 2.65. The van der Waals surface area contributed by atoms with Crippen molar-refractivity contribution in [1.29, 1.82) is 0 Å². The summed E-state index contributed by atoms with van der Waals surface area (Å²) in [5.41, 5.74) is 0. The molecule has 0 heterocycles. The smallest absolute Gasteiger partial charge is 0.129 e. The summed E-state index contributed by atoms with van der Waals surface area (Å²) in [7, 11) is 0. The second kappa shape index (κ2) is 21.6. The van der Waals surface area contributed by atoms with Crippen molar-refractivity contribution in [2.24, 2.45) is 0 Å². The third-order valence-corrected chi connectivity index (χ3v) is 4.75. The molecule has 0 aromatic carbocycles. The van der Waals surface area contributed by atoms with Crippen molar-refractivity contribution in [3.63, 3.8) is 0 Å². The molecule has 0 spiro atoms. The number of ketones is 1. The van der Waals surface area contributed by atoms with Gasteiger partial charge in [0.1, 0.15) is 11.9 Å². The molecule has 0 amide bonds. The Kier molecular flexibility index (Phi) is 21.0. The first-order chi connectivity index (χ1) is 13.2. The maximum atomic E-state index is 10.8. The van der Waals surface area contributed by atoms with E-state index >= 15 is 0 Å². The van der Waals surface area contributed by atoms with Crippen LogP contribution in [0.3, 0.4) is 0 Å². The largest absolute Gasteiger partial charge is 0.394 e. The van der Waals surface area contributed by atoms with Crippen LogP contribution in [0.1, 0.15) is 103 Å². The van der Waals surface area contributed by atoms with Gasteiger partial charge in [-0.2, -0.15) is 0 Å². The zero-order valence-corrected chi connectivity index (χ0v) is 17.7. The molecule has 0 saturated heterocycles. The van der Waals surface area contributed by atoms with Gasteiger partial charge in [0, 0.05) is 13.0 Å². The lowest BCUT2D eigenvalue weighted by molar-refractivity contribution is -0.117. The van der Waals surface area contributed by atoms with Crippen LogP contribution in [-0.4, -0.2) is 41.9 Å². The summed E-state index contributed by atoms with van der Waals surface area (Å²) < 4.78 is 5.29. The number of allylic oxidation sites excluding steroid dienone is 2. The van der Waals surface area contributed by atoms with Gasteiger partial charge in [-0.25, -0.2) is 0 Å². The highest BCUT2D eigenvalue weighted by molar-refractivity contribution is 5.75. The molecule has 27 heavy (non-hydrogen) atoms. The van der Waals surface area contributed by atoms with E-state index in [2.05, 4.69) is 12.2 Å². The summed E-state index contributed by atoms with van der Waals surface area (Å²) in [5, 5.41) is 17.8. The highest BCUT2D eigenvalue weighted by Gasteiger charge is 2.00. The third-order valence-electron chi connectivity index (χ3n) is 4.75. The van der Waals surface area contributed by atoms with E-state index in [1.54, 1.807) is 6.92 Å². The van der Waals surface area contributed by atoms with Crippen LogP contribution in [0.25, 0.3) is 0 Å². The zero-order chi connectivity index (χ0) is 20.0. The number of unbranched alkanes of at least 4 members (excludes halogenated alkanes) is 12. The number of hydrogen-bond acceptors (Lipinski definition) is 4. The van der Waals surface area contributed by atoms with Crippen LogP contribution in [0.4, 0.5) is 0 Å². The number of ether oxygens (including phenoxy) is 1. The highest BCUT2D eigenvalue weighted by atomic mass is 16.5. The van der Waals surface area contributed by atoms with Gasteiger partial charge in [-0.15, -0.1) is 0 Å². The molecule has 0 bridgehead atoms. The van der Waals surface area contributed by atoms with Crippen LogP contribution in [0.15, 0.2) is 12.2 Å². The number of aliphatic hydroxyl groups excluding tert-OH is 2. The number of carbonyl (C=O) groups is 1. The molecule has 1 atom stereocenters. The molecule has 160 valence electrons. The van der Waals surface area contributed by atoms with E-state index in [-0.39, 0.29) is 13.2 Å². The lowest BCUT2D eigenvalue weighted by atomic mass is 10.1.